The lowest BCUT2D eigenvalue weighted by Gasteiger charge is -2.26. The second-order valence-corrected chi connectivity index (χ2v) is 13.2. The largest absolute Gasteiger partial charge is 0.494 e. The quantitative estimate of drug-likeness (QED) is 0.128. The van der Waals surface area contributed by atoms with Crippen molar-refractivity contribution in [3.05, 3.63) is 155 Å². The molecule has 1 aliphatic rings. The van der Waals surface area contributed by atoms with E-state index in [9.17, 15) is 14.4 Å². The Morgan fingerprint density at radius 1 is 0.843 bits per heavy atom. The molecule has 260 valence electrons. The Morgan fingerprint density at radius 3 is 2.22 bits per heavy atom. The van der Waals surface area contributed by atoms with Crippen LogP contribution in [-0.2, 0) is 20.9 Å². The first-order valence-electron chi connectivity index (χ1n) is 16.5. The molecular weight excluding hydrogens is 732 g/mol. The molecule has 0 saturated carbocycles. The lowest BCUT2D eigenvalue weighted by atomic mass is 9.93. The SMILES string of the molecule is CCOC(=O)C1=C(c2ccccc2)N=c2s/c(=C\c3ccc(OCc4ccc(C(=O)OCC)cc4)c(Br)c3)c(=O)n2[C@@H]1c1ccc(OCC)cc1. The molecule has 9 nitrogen and oxygen atoms in total. The van der Waals surface area contributed by atoms with Crippen molar-refractivity contribution in [2.75, 3.05) is 19.8 Å². The third-order valence-electron chi connectivity index (χ3n) is 7.99. The number of carbonyl (C=O) groups excluding carboxylic acids is 2. The standard InChI is InChI=1S/C40H35BrN2O7S/c1-4-47-30-19-17-28(18-20-30)36-34(39(46)49-6-3)35(27-10-8-7-9-11-27)42-40-43(36)37(44)33(51-40)23-26-14-21-32(31(41)22-26)50-24-25-12-15-29(16-13-25)38(45)48-5-2/h7-23,36H,4-6,24H2,1-3H3/b33-23-/t36-/m1/s1. The Balaban J connectivity index is 1.37. The molecule has 0 amide bonds. The van der Waals surface area contributed by atoms with Gasteiger partial charge in [0.15, 0.2) is 4.80 Å². The van der Waals surface area contributed by atoms with Gasteiger partial charge >= 0.3 is 11.9 Å². The van der Waals surface area contributed by atoms with Crippen molar-refractivity contribution in [2.45, 2.75) is 33.4 Å². The predicted molar refractivity (Wildman–Crippen MR) is 200 cm³/mol. The average molecular weight is 768 g/mol. The van der Waals surface area contributed by atoms with Crippen LogP contribution in [-0.4, -0.2) is 36.3 Å². The number of hydrogen-bond acceptors (Lipinski definition) is 9. The summed E-state index contributed by atoms with van der Waals surface area (Å²) in [5.41, 5.74) is 4.06. The van der Waals surface area contributed by atoms with Crippen LogP contribution in [0.4, 0.5) is 0 Å². The number of aromatic nitrogens is 1. The second-order valence-electron chi connectivity index (χ2n) is 11.3. The van der Waals surface area contributed by atoms with E-state index in [2.05, 4.69) is 15.9 Å². The first-order valence-corrected chi connectivity index (χ1v) is 18.1. The van der Waals surface area contributed by atoms with Gasteiger partial charge < -0.3 is 18.9 Å². The van der Waals surface area contributed by atoms with Gasteiger partial charge in [0.1, 0.15) is 18.1 Å². The summed E-state index contributed by atoms with van der Waals surface area (Å²) >= 11 is 4.87. The van der Waals surface area contributed by atoms with Crippen LogP contribution in [0, 0.1) is 0 Å². The fourth-order valence-corrected chi connectivity index (χ4v) is 7.17. The maximum atomic E-state index is 14.3. The van der Waals surface area contributed by atoms with E-state index in [1.165, 1.54) is 11.3 Å². The van der Waals surface area contributed by atoms with E-state index in [0.29, 0.717) is 49.8 Å². The zero-order chi connectivity index (χ0) is 35.9. The molecule has 0 unspecified atom stereocenters. The van der Waals surface area contributed by atoms with Crippen LogP contribution in [0.5, 0.6) is 11.5 Å². The van der Waals surface area contributed by atoms with Gasteiger partial charge in [-0.3, -0.25) is 9.36 Å². The zero-order valence-corrected chi connectivity index (χ0v) is 30.7. The maximum absolute atomic E-state index is 14.3. The number of nitrogens with zero attached hydrogens (tertiary/aromatic N) is 2. The van der Waals surface area contributed by atoms with E-state index < -0.39 is 12.0 Å². The topological polar surface area (TPSA) is 105 Å². The first-order chi connectivity index (χ1) is 24.8. The molecule has 0 N–H and O–H groups in total. The Kier molecular flexibility index (Phi) is 11.3. The number of thiazole rings is 1. The van der Waals surface area contributed by atoms with Gasteiger partial charge in [0.2, 0.25) is 0 Å². The first kappa shape index (κ1) is 35.6. The zero-order valence-electron chi connectivity index (χ0n) is 28.3. The monoisotopic (exact) mass is 766 g/mol. The summed E-state index contributed by atoms with van der Waals surface area (Å²) in [4.78, 5) is 45.3. The molecule has 0 bridgehead atoms. The summed E-state index contributed by atoms with van der Waals surface area (Å²) in [5, 5.41) is 0. The number of halogens is 1. The number of esters is 2. The van der Waals surface area contributed by atoms with Gasteiger partial charge in [-0.2, -0.15) is 0 Å². The molecule has 0 radical (unpaired) electrons. The van der Waals surface area contributed by atoms with Gasteiger partial charge in [0, 0.05) is 5.56 Å². The van der Waals surface area contributed by atoms with E-state index >= 15 is 0 Å². The summed E-state index contributed by atoms with van der Waals surface area (Å²) < 4.78 is 25.1. The Labute approximate surface area is 307 Å². The third kappa shape index (κ3) is 7.90. The summed E-state index contributed by atoms with van der Waals surface area (Å²) in [6, 6.07) is 28.7. The normalized spacial score (nSPS) is 14.0. The number of carbonyl (C=O) groups is 2. The fourth-order valence-electron chi connectivity index (χ4n) is 5.66. The smallest absolute Gasteiger partial charge is 0.338 e. The minimum atomic E-state index is -0.790. The highest BCUT2D eigenvalue weighted by atomic mass is 79.9. The molecule has 1 aromatic heterocycles. The molecule has 2 heterocycles. The van der Waals surface area contributed by atoms with Crippen LogP contribution in [0.3, 0.4) is 0 Å². The Bertz CT molecular complexity index is 2260. The van der Waals surface area contributed by atoms with Crippen molar-refractivity contribution in [3.63, 3.8) is 0 Å². The molecule has 4 aromatic carbocycles. The molecule has 0 spiro atoms. The maximum Gasteiger partial charge on any atom is 0.338 e. The highest BCUT2D eigenvalue weighted by molar-refractivity contribution is 9.10. The summed E-state index contributed by atoms with van der Waals surface area (Å²) in [5.74, 6) is 0.398. The van der Waals surface area contributed by atoms with Gasteiger partial charge in [-0.1, -0.05) is 72.0 Å². The molecule has 0 aliphatic carbocycles. The van der Waals surface area contributed by atoms with E-state index in [0.717, 1.165) is 22.3 Å². The van der Waals surface area contributed by atoms with Crippen molar-refractivity contribution in [1.82, 2.24) is 4.57 Å². The highest BCUT2D eigenvalue weighted by Crippen LogP contribution is 2.36. The Hall–Kier alpha value is -5.26. The minimum Gasteiger partial charge on any atom is -0.494 e. The van der Waals surface area contributed by atoms with Crippen LogP contribution in [0.25, 0.3) is 11.8 Å². The molecule has 0 fully saturated rings. The molecule has 5 aromatic rings. The van der Waals surface area contributed by atoms with E-state index in [1.54, 1.807) is 36.6 Å². The van der Waals surface area contributed by atoms with Crippen molar-refractivity contribution in [1.29, 1.82) is 0 Å². The lowest BCUT2D eigenvalue weighted by Crippen LogP contribution is -2.40. The van der Waals surface area contributed by atoms with Gasteiger partial charge in [-0.05, 0) is 95.9 Å². The van der Waals surface area contributed by atoms with Gasteiger partial charge in [-0.15, -0.1) is 0 Å². The van der Waals surface area contributed by atoms with Crippen molar-refractivity contribution in [3.8, 4) is 11.5 Å². The van der Waals surface area contributed by atoms with E-state index in [-0.39, 0.29) is 30.3 Å². The number of fused-ring (bicyclic) bond motifs is 1. The van der Waals surface area contributed by atoms with Crippen LogP contribution < -0.4 is 24.4 Å². The van der Waals surface area contributed by atoms with Crippen LogP contribution in [0.1, 0.15) is 59.4 Å². The predicted octanol–water partition coefficient (Wildman–Crippen LogP) is 6.85. The van der Waals surface area contributed by atoms with Gasteiger partial charge in [0.05, 0.1) is 51.7 Å². The summed E-state index contributed by atoms with van der Waals surface area (Å²) in [6.45, 7) is 6.72. The molecular formula is C40H35BrN2O7S. The number of rotatable bonds is 12. The highest BCUT2D eigenvalue weighted by Gasteiger charge is 2.35. The summed E-state index contributed by atoms with van der Waals surface area (Å²) in [7, 11) is 0. The van der Waals surface area contributed by atoms with Crippen molar-refractivity contribution >= 4 is 51.0 Å². The molecule has 11 heteroatoms. The third-order valence-corrected chi connectivity index (χ3v) is 9.60. The molecule has 51 heavy (non-hydrogen) atoms. The van der Waals surface area contributed by atoms with Gasteiger partial charge in [-0.25, -0.2) is 14.6 Å². The molecule has 6 rings (SSSR count). The molecule has 0 saturated heterocycles. The minimum absolute atomic E-state index is 0.168. The average Bonchev–Trinajstić information content (AvgIpc) is 3.45. The van der Waals surface area contributed by atoms with Crippen LogP contribution >= 0.6 is 27.3 Å². The summed E-state index contributed by atoms with van der Waals surface area (Å²) in [6.07, 6.45) is 1.80. The van der Waals surface area contributed by atoms with Gasteiger partial charge in [0.25, 0.3) is 5.56 Å². The number of ether oxygens (including phenoxy) is 4. The number of hydrogen-bond donors (Lipinski definition) is 0. The Morgan fingerprint density at radius 2 is 1.55 bits per heavy atom. The van der Waals surface area contributed by atoms with E-state index in [1.807, 2.05) is 91.9 Å². The lowest BCUT2D eigenvalue weighted by molar-refractivity contribution is -0.138. The van der Waals surface area contributed by atoms with Crippen LogP contribution in [0.2, 0.25) is 0 Å². The molecule has 1 atom stereocenters. The second kappa shape index (κ2) is 16.2. The fraction of sp³-hybridized carbons (Fsp3) is 0.200. The van der Waals surface area contributed by atoms with Crippen molar-refractivity contribution in [2.24, 2.45) is 4.99 Å². The number of benzene rings is 4. The van der Waals surface area contributed by atoms with Crippen LogP contribution in [0.15, 0.2) is 117 Å². The van der Waals surface area contributed by atoms with Crippen molar-refractivity contribution < 1.29 is 28.5 Å². The van der Waals surface area contributed by atoms with E-state index in [4.69, 9.17) is 23.9 Å². The molecule has 1 aliphatic heterocycles.